The maximum Gasteiger partial charge on any atom is 0.335 e. The second-order valence-corrected chi connectivity index (χ2v) is 4.85. The number of aromatic carboxylic acids is 1. The van der Waals surface area contributed by atoms with Crippen LogP contribution in [-0.2, 0) is 11.3 Å². The lowest BCUT2D eigenvalue weighted by Crippen LogP contribution is -2.06. The minimum absolute atomic E-state index is 0.212. The van der Waals surface area contributed by atoms with Gasteiger partial charge in [-0.2, -0.15) is 0 Å². The molecule has 2 rings (SSSR count). The van der Waals surface area contributed by atoms with Crippen LogP contribution in [0.15, 0.2) is 55.1 Å². The highest BCUT2D eigenvalue weighted by Gasteiger charge is 2.09. The molecule has 0 radical (unpaired) electrons. The second-order valence-electron chi connectivity index (χ2n) is 4.85. The van der Waals surface area contributed by atoms with Crippen LogP contribution in [0.25, 0.3) is 0 Å². The van der Waals surface area contributed by atoms with Gasteiger partial charge >= 0.3 is 11.9 Å². The zero-order valence-corrected chi connectivity index (χ0v) is 13.1. The molecule has 0 aromatic heterocycles. The van der Waals surface area contributed by atoms with Crippen LogP contribution in [0.1, 0.15) is 15.9 Å². The zero-order chi connectivity index (χ0) is 17.5. The number of hydrogen-bond acceptors (Lipinski definition) is 5. The molecular formula is C18H17NO5. The molecule has 2 aromatic rings. The van der Waals surface area contributed by atoms with Gasteiger partial charge in [-0.05, 0) is 35.9 Å². The molecule has 0 heterocycles. The van der Waals surface area contributed by atoms with E-state index in [1.165, 1.54) is 13.2 Å². The van der Waals surface area contributed by atoms with Crippen molar-refractivity contribution in [2.75, 3.05) is 12.4 Å². The fraction of sp³-hybridized carbons (Fsp3) is 0.111. The van der Waals surface area contributed by atoms with Gasteiger partial charge in [0.2, 0.25) is 0 Å². The molecule has 0 aliphatic heterocycles. The lowest BCUT2D eigenvalue weighted by atomic mass is 10.1. The molecule has 6 heteroatoms. The predicted octanol–water partition coefficient (Wildman–Crippen LogP) is 3.10. The van der Waals surface area contributed by atoms with E-state index in [0.29, 0.717) is 23.7 Å². The summed E-state index contributed by atoms with van der Waals surface area (Å²) < 4.78 is 10.3. The summed E-state index contributed by atoms with van der Waals surface area (Å²) in [4.78, 5) is 22.2. The van der Waals surface area contributed by atoms with E-state index in [-0.39, 0.29) is 5.56 Å². The van der Waals surface area contributed by atoms with E-state index < -0.39 is 11.9 Å². The van der Waals surface area contributed by atoms with Gasteiger partial charge in [-0.15, -0.1) is 0 Å². The minimum Gasteiger partial charge on any atom is -0.493 e. The standard InChI is InChI=1S/C18H17NO5/c1-3-17(20)24-15-8-7-12(9-16(15)23-2)11-19-14-6-4-5-13(10-14)18(21)22/h3-10,19H,1,11H2,2H3,(H,21,22). The number of carbonyl (C=O) groups is 2. The van der Waals surface area contributed by atoms with Crippen molar-refractivity contribution >= 4 is 17.6 Å². The van der Waals surface area contributed by atoms with E-state index in [1.807, 2.05) is 0 Å². The molecule has 24 heavy (non-hydrogen) atoms. The highest BCUT2D eigenvalue weighted by atomic mass is 16.6. The van der Waals surface area contributed by atoms with Gasteiger partial charge in [0.1, 0.15) is 0 Å². The normalized spacial score (nSPS) is 9.88. The average Bonchev–Trinajstić information content (AvgIpc) is 2.60. The molecule has 0 amide bonds. The molecule has 124 valence electrons. The quantitative estimate of drug-likeness (QED) is 0.462. The summed E-state index contributed by atoms with van der Waals surface area (Å²) in [6.07, 6.45) is 1.07. The number of esters is 1. The molecular weight excluding hydrogens is 310 g/mol. The summed E-state index contributed by atoms with van der Waals surface area (Å²) in [6, 6.07) is 11.7. The van der Waals surface area contributed by atoms with Crippen LogP contribution >= 0.6 is 0 Å². The van der Waals surface area contributed by atoms with Gasteiger partial charge in [0.15, 0.2) is 11.5 Å². The molecule has 0 bridgehead atoms. The summed E-state index contributed by atoms with van der Waals surface area (Å²) in [5, 5.41) is 12.1. The second kappa shape index (κ2) is 7.82. The average molecular weight is 327 g/mol. The fourth-order valence-electron chi connectivity index (χ4n) is 2.02. The van der Waals surface area contributed by atoms with Crippen molar-refractivity contribution in [1.82, 2.24) is 0 Å². The Morgan fingerprint density at radius 2 is 2.00 bits per heavy atom. The Hall–Kier alpha value is -3.28. The van der Waals surface area contributed by atoms with Crippen LogP contribution in [0, 0.1) is 0 Å². The number of hydrogen-bond donors (Lipinski definition) is 2. The lowest BCUT2D eigenvalue weighted by molar-refractivity contribution is -0.129. The Balaban J connectivity index is 2.10. The highest BCUT2D eigenvalue weighted by Crippen LogP contribution is 2.28. The van der Waals surface area contributed by atoms with Gasteiger partial charge < -0.3 is 19.9 Å². The third-order valence-electron chi connectivity index (χ3n) is 3.21. The molecule has 0 fully saturated rings. The molecule has 0 atom stereocenters. The molecule has 2 aromatic carbocycles. The Morgan fingerprint density at radius 3 is 2.67 bits per heavy atom. The Morgan fingerprint density at radius 1 is 1.21 bits per heavy atom. The summed E-state index contributed by atoms with van der Waals surface area (Å²) in [5.74, 6) is -0.818. The Labute approximate surface area is 139 Å². The van der Waals surface area contributed by atoms with Gasteiger partial charge in [-0.3, -0.25) is 0 Å². The van der Waals surface area contributed by atoms with E-state index in [2.05, 4.69) is 11.9 Å². The maximum absolute atomic E-state index is 11.3. The minimum atomic E-state index is -0.978. The number of anilines is 1. The summed E-state index contributed by atoms with van der Waals surface area (Å²) in [5.41, 5.74) is 1.78. The lowest BCUT2D eigenvalue weighted by Gasteiger charge is -2.11. The fourth-order valence-corrected chi connectivity index (χ4v) is 2.02. The van der Waals surface area contributed by atoms with Crippen LogP contribution in [0.5, 0.6) is 11.5 Å². The van der Waals surface area contributed by atoms with Gasteiger partial charge in [-0.1, -0.05) is 18.7 Å². The predicted molar refractivity (Wildman–Crippen MR) is 89.6 cm³/mol. The zero-order valence-electron chi connectivity index (χ0n) is 13.1. The molecule has 0 aliphatic rings. The van der Waals surface area contributed by atoms with Gasteiger partial charge in [-0.25, -0.2) is 9.59 Å². The topological polar surface area (TPSA) is 84.9 Å². The van der Waals surface area contributed by atoms with E-state index >= 15 is 0 Å². The van der Waals surface area contributed by atoms with Gasteiger partial charge in [0.05, 0.1) is 12.7 Å². The summed E-state index contributed by atoms with van der Waals surface area (Å²) >= 11 is 0. The first kappa shape index (κ1) is 17.1. The van der Waals surface area contributed by atoms with Crippen LogP contribution in [0.4, 0.5) is 5.69 Å². The highest BCUT2D eigenvalue weighted by molar-refractivity contribution is 5.88. The molecule has 0 aliphatic carbocycles. The summed E-state index contributed by atoms with van der Waals surface area (Å²) in [7, 11) is 1.48. The smallest absolute Gasteiger partial charge is 0.335 e. The largest absolute Gasteiger partial charge is 0.493 e. The van der Waals surface area contributed by atoms with Crippen LogP contribution in [-0.4, -0.2) is 24.2 Å². The van der Waals surface area contributed by atoms with Crippen LogP contribution in [0.3, 0.4) is 0 Å². The Kier molecular flexibility index (Phi) is 5.57. The van der Waals surface area contributed by atoms with Crippen molar-refractivity contribution in [3.63, 3.8) is 0 Å². The first-order valence-corrected chi connectivity index (χ1v) is 7.12. The third kappa shape index (κ3) is 4.36. The van der Waals surface area contributed by atoms with Crippen molar-refractivity contribution in [2.45, 2.75) is 6.54 Å². The number of benzene rings is 2. The van der Waals surface area contributed by atoms with Crippen LogP contribution < -0.4 is 14.8 Å². The first-order chi connectivity index (χ1) is 11.5. The van der Waals surface area contributed by atoms with E-state index in [4.69, 9.17) is 14.6 Å². The van der Waals surface area contributed by atoms with Crippen molar-refractivity contribution in [3.05, 3.63) is 66.2 Å². The SMILES string of the molecule is C=CC(=O)Oc1ccc(CNc2cccc(C(=O)O)c2)cc1OC. The molecule has 0 spiro atoms. The maximum atomic E-state index is 11.3. The molecule has 6 nitrogen and oxygen atoms in total. The molecule has 0 saturated heterocycles. The number of ether oxygens (including phenoxy) is 2. The number of methoxy groups -OCH3 is 1. The van der Waals surface area contributed by atoms with E-state index in [9.17, 15) is 9.59 Å². The van der Waals surface area contributed by atoms with Crippen molar-refractivity contribution in [1.29, 1.82) is 0 Å². The van der Waals surface area contributed by atoms with Crippen molar-refractivity contribution in [3.8, 4) is 11.5 Å². The van der Waals surface area contributed by atoms with Gasteiger partial charge in [0.25, 0.3) is 0 Å². The number of carboxylic acid groups (broad SMARTS) is 1. The number of nitrogens with one attached hydrogen (secondary N) is 1. The first-order valence-electron chi connectivity index (χ1n) is 7.12. The molecule has 0 saturated carbocycles. The molecule has 2 N–H and O–H groups in total. The monoisotopic (exact) mass is 327 g/mol. The Bertz CT molecular complexity index is 770. The number of rotatable bonds is 7. The summed E-state index contributed by atoms with van der Waals surface area (Å²) in [6.45, 7) is 3.80. The van der Waals surface area contributed by atoms with Crippen LogP contribution in [0.2, 0.25) is 0 Å². The van der Waals surface area contributed by atoms with Gasteiger partial charge in [0, 0.05) is 18.3 Å². The third-order valence-corrected chi connectivity index (χ3v) is 3.21. The van der Waals surface area contributed by atoms with E-state index in [0.717, 1.165) is 11.6 Å². The van der Waals surface area contributed by atoms with E-state index in [1.54, 1.807) is 36.4 Å². The van der Waals surface area contributed by atoms with Crippen molar-refractivity contribution in [2.24, 2.45) is 0 Å². The molecule has 0 unspecified atom stereocenters. The van der Waals surface area contributed by atoms with Crippen molar-refractivity contribution < 1.29 is 24.2 Å². The number of carboxylic acids is 1. The number of carbonyl (C=O) groups excluding carboxylic acids is 1.